The second kappa shape index (κ2) is 17.4. The van der Waals surface area contributed by atoms with Gasteiger partial charge in [0.15, 0.2) is 11.6 Å². The van der Waals surface area contributed by atoms with E-state index in [1.807, 2.05) is 56.1 Å². The molecule has 14 heteroatoms. The van der Waals surface area contributed by atoms with Crippen LogP contribution >= 0.6 is 11.3 Å². The number of aromatic nitrogens is 1. The molecule has 0 aliphatic carbocycles. The van der Waals surface area contributed by atoms with Crippen molar-refractivity contribution in [3.8, 4) is 0 Å². The summed E-state index contributed by atoms with van der Waals surface area (Å²) in [7, 11) is 3.60. The molecule has 3 heterocycles. The number of likely N-dealkylation sites (tertiary alicyclic amines) is 1. The van der Waals surface area contributed by atoms with Gasteiger partial charge in [-0.2, -0.15) is 0 Å². The van der Waals surface area contributed by atoms with E-state index in [-0.39, 0.29) is 55.5 Å². The molecule has 5 atom stereocenters. The molecule has 0 saturated carbocycles. The number of nitrogens with one attached hydrogen (secondary N) is 2. The van der Waals surface area contributed by atoms with Crippen molar-refractivity contribution in [1.82, 2.24) is 25.4 Å². The van der Waals surface area contributed by atoms with Crippen molar-refractivity contribution < 1.29 is 38.6 Å². The fourth-order valence-electron chi connectivity index (χ4n) is 6.68. The maximum absolute atomic E-state index is 14.1. The predicted molar refractivity (Wildman–Crippen MR) is 187 cm³/mol. The van der Waals surface area contributed by atoms with Gasteiger partial charge in [-0.25, -0.2) is 4.98 Å². The Balaban J connectivity index is 1.49. The lowest BCUT2D eigenvalue weighted by molar-refractivity contribution is -0.166. The number of esters is 1. The maximum atomic E-state index is 14.1. The summed E-state index contributed by atoms with van der Waals surface area (Å²) < 4.78 is 11.2. The van der Waals surface area contributed by atoms with E-state index in [1.165, 1.54) is 18.3 Å². The number of piperidine rings is 1. The maximum Gasteiger partial charge on any atom is 0.306 e. The molecule has 0 bridgehead atoms. The summed E-state index contributed by atoms with van der Waals surface area (Å²) in [5, 5.41) is 17.5. The summed E-state index contributed by atoms with van der Waals surface area (Å²) in [6.45, 7) is 7.78. The number of carbonyl (C=O) groups is 5. The first kappa shape index (κ1) is 38.9. The Morgan fingerprint density at radius 1 is 1.12 bits per heavy atom. The standard InChI is InChI=1S/C36H51N5O8S/c1-22(2)29(41(6)35(47)36(20-48-21-36)39-32(44)28-14-10-11-15-40(28)5)18-30(49-24(4)42)33-38-27(19-50-33)31(43)37-26(16-23(3)34(45)46)17-25-12-8-7-9-13-25/h7-9,12-13,19,22-23,26,28-30H,10-11,14-18,20-21H2,1-6H3,(H,37,43)(H,39,44)(H,45,46)/t23-,26+,28+,29+,30+/m0/s1. The van der Waals surface area contributed by atoms with E-state index in [4.69, 9.17) is 9.47 Å². The molecule has 2 aliphatic heterocycles. The third-order valence-electron chi connectivity index (χ3n) is 9.64. The quantitative estimate of drug-likeness (QED) is 0.219. The highest BCUT2D eigenvalue weighted by Gasteiger charge is 2.51. The third-order valence-corrected chi connectivity index (χ3v) is 10.6. The van der Waals surface area contributed by atoms with Gasteiger partial charge in [-0.15, -0.1) is 11.3 Å². The molecule has 13 nitrogen and oxygen atoms in total. The van der Waals surface area contributed by atoms with Gasteiger partial charge in [0, 0.05) is 37.9 Å². The van der Waals surface area contributed by atoms with Crippen molar-refractivity contribution in [1.29, 1.82) is 0 Å². The van der Waals surface area contributed by atoms with Gasteiger partial charge < -0.3 is 30.1 Å². The van der Waals surface area contributed by atoms with Crippen LogP contribution in [0.1, 0.15) is 87.0 Å². The van der Waals surface area contributed by atoms with Crippen molar-refractivity contribution in [2.75, 3.05) is 33.9 Å². The zero-order chi connectivity index (χ0) is 36.6. The Morgan fingerprint density at radius 2 is 1.82 bits per heavy atom. The molecule has 1 aromatic carbocycles. The molecule has 1 aromatic heterocycles. The Kier molecular flexibility index (Phi) is 13.5. The van der Waals surface area contributed by atoms with Crippen molar-refractivity contribution >= 4 is 41.0 Å². The molecule has 274 valence electrons. The summed E-state index contributed by atoms with van der Waals surface area (Å²) in [4.78, 5) is 72.9. The number of aliphatic carboxylic acids is 1. The van der Waals surface area contributed by atoms with E-state index in [1.54, 1.807) is 24.3 Å². The summed E-state index contributed by atoms with van der Waals surface area (Å²) in [6, 6.07) is 8.32. The smallest absolute Gasteiger partial charge is 0.306 e. The number of carboxylic acid groups (broad SMARTS) is 1. The van der Waals surface area contributed by atoms with Crippen LogP contribution in [-0.4, -0.2) is 107 Å². The van der Waals surface area contributed by atoms with Crippen LogP contribution in [0.25, 0.3) is 0 Å². The summed E-state index contributed by atoms with van der Waals surface area (Å²) in [6.07, 6.45) is 2.73. The number of ether oxygens (including phenoxy) is 2. The van der Waals surface area contributed by atoms with Crippen LogP contribution < -0.4 is 10.6 Å². The summed E-state index contributed by atoms with van der Waals surface area (Å²) in [5.41, 5.74) is -0.108. The fourth-order valence-corrected chi connectivity index (χ4v) is 7.52. The molecule has 0 unspecified atom stereocenters. The van der Waals surface area contributed by atoms with E-state index in [0.717, 1.165) is 31.4 Å². The van der Waals surface area contributed by atoms with Crippen LogP contribution in [0.15, 0.2) is 35.7 Å². The van der Waals surface area contributed by atoms with Gasteiger partial charge in [0.1, 0.15) is 10.7 Å². The highest BCUT2D eigenvalue weighted by molar-refractivity contribution is 7.09. The predicted octanol–water partition coefficient (Wildman–Crippen LogP) is 3.44. The second-order valence-electron chi connectivity index (χ2n) is 14.0. The zero-order valence-electron chi connectivity index (χ0n) is 29.8. The van der Waals surface area contributed by atoms with Crippen molar-refractivity contribution in [3.05, 3.63) is 52.0 Å². The van der Waals surface area contributed by atoms with Gasteiger partial charge in [0.2, 0.25) is 5.91 Å². The largest absolute Gasteiger partial charge is 0.481 e. The fraction of sp³-hybridized carbons (Fsp3) is 0.611. The second-order valence-corrected chi connectivity index (χ2v) is 14.9. The number of rotatable bonds is 16. The minimum Gasteiger partial charge on any atom is -0.481 e. The highest BCUT2D eigenvalue weighted by Crippen LogP contribution is 2.32. The van der Waals surface area contributed by atoms with Gasteiger partial charge >= 0.3 is 11.9 Å². The van der Waals surface area contributed by atoms with Gasteiger partial charge in [0.25, 0.3) is 11.8 Å². The molecule has 2 aromatic rings. The van der Waals surface area contributed by atoms with Crippen molar-refractivity contribution in [3.63, 3.8) is 0 Å². The lowest BCUT2D eigenvalue weighted by atomic mass is 9.90. The number of amides is 3. The molecule has 2 saturated heterocycles. The first-order valence-corrected chi connectivity index (χ1v) is 18.2. The molecule has 4 rings (SSSR count). The molecule has 0 radical (unpaired) electrons. The van der Waals surface area contributed by atoms with Crippen LogP contribution in [0.3, 0.4) is 0 Å². The third kappa shape index (κ3) is 9.88. The SMILES string of the molecule is CC(=O)O[C@H](C[C@H](C(C)C)N(C)C(=O)C1(NC(=O)[C@H]2CCCCN2C)COC1)c1nc(C(=O)N[C@@H](Cc2ccccc2)C[C@H](C)C(=O)O)cs1. The normalized spacial score (nSPS) is 19.7. The van der Waals surface area contributed by atoms with Crippen LogP contribution in [0.2, 0.25) is 0 Å². The Hall–Kier alpha value is -3.88. The number of carboxylic acids is 1. The molecular weight excluding hydrogens is 662 g/mol. The molecule has 2 aliphatic rings. The number of benzene rings is 1. The molecule has 3 amide bonds. The highest BCUT2D eigenvalue weighted by atomic mass is 32.1. The van der Waals surface area contributed by atoms with E-state index in [0.29, 0.717) is 11.4 Å². The Labute approximate surface area is 298 Å². The van der Waals surface area contributed by atoms with Gasteiger partial charge in [0.05, 0.1) is 25.2 Å². The Morgan fingerprint density at radius 3 is 2.40 bits per heavy atom. The van der Waals surface area contributed by atoms with E-state index in [2.05, 4.69) is 15.6 Å². The van der Waals surface area contributed by atoms with Gasteiger partial charge in [-0.3, -0.25) is 28.9 Å². The van der Waals surface area contributed by atoms with Crippen molar-refractivity contribution in [2.45, 2.75) is 96.0 Å². The topological polar surface area (TPSA) is 167 Å². The summed E-state index contributed by atoms with van der Waals surface area (Å²) in [5.74, 6) is -3.17. The number of hydrogen-bond acceptors (Lipinski definition) is 10. The van der Waals surface area contributed by atoms with Crippen LogP contribution in [0, 0.1) is 11.8 Å². The minimum atomic E-state index is -1.19. The average molecular weight is 714 g/mol. The monoisotopic (exact) mass is 713 g/mol. The first-order valence-electron chi connectivity index (χ1n) is 17.3. The summed E-state index contributed by atoms with van der Waals surface area (Å²) >= 11 is 1.17. The molecule has 3 N–H and O–H groups in total. The van der Waals surface area contributed by atoms with Crippen molar-refractivity contribution in [2.24, 2.45) is 11.8 Å². The molecule has 50 heavy (non-hydrogen) atoms. The minimum absolute atomic E-state index is 0.0675. The molecule has 0 spiro atoms. The number of hydrogen-bond donors (Lipinski definition) is 3. The average Bonchev–Trinajstić information content (AvgIpc) is 3.55. The first-order chi connectivity index (χ1) is 23.7. The number of likely N-dealkylation sites (N-methyl/N-ethyl adjacent to an activating group) is 2. The van der Waals surface area contributed by atoms with Gasteiger partial charge in [-0.1, -0.05) is 57.5 Å². The van der Waals surface area contributed by atoms with E-state index in [9.17, 15) is 29.1 Å². The van der Waals surface area contributed by atoms with Crippen LogP contribution in [0.5, 0.6) is 0 Å². The Bertz CT molecular complexity index is 1500. The lowest BCUT2D eigenvalue weighted by Gasteiger charge is -2.46. The number of carbonyl (C=O) groups excluding carboxylic acids is 4. The van der Waals surface area contributed by atoms with Crippen LogP contribution in [0.4, 0.5) is 0 Å². The zero-order valence-corrected chi connectivity index (χ0v) is 30.7. The van der Waals surface area contributed by atoms with Gasteiger partial charge in [-0.05, 0) is 50.8 Å². The molecular formula is C36H51N5O8S. The number of nitrogens with zero attached hydrogens (tertiary/aromatic N) is 3. The van der Waals surface area contributed by atoms with E-state index >= 15 is 0 Å². The van der Waals surface area contributed by atoms with E-state index < -0.39 is 47.5 Å². The lowest BCUT2D eigenvalue weighted by Crippen LogP contribution is -2.72. The molecule has 2 fully saturated rings. The van der Waals surface area contributed by atoms with Crippen LogP contribution in [-0.2, 0) is 35.1 Å². The number of thiazole rings is 1.